The monoisotopic (exact) mass is 342 g/mol. The Labute approximate surface area is 142 Å². The van der Waals surface area contributed by atoms with Gasteiger partial charge in [0, 0.05) is 11.0 Å². The van der Waals surface area contributed by atoms with E-state index in [1.54, 1.807) is 12.1 Å². The molecule has 4 rings (SSSR count). The van der Waals surface area contributed by atoms with Crippen LogP contribution in [0.2, 0.25) is 0 Å². The van der Waals surface area contributed by atoms with Gasteiger partial charge in [0.15, 0.2) is 11.5 Å². The summed E-state index contributed by atoms with van der Waals surface area (Å²) in [7, 11) is 0. The minimum absolute atomic E-state index is 0.157. The third kappa shape index (κ3) is 2.66. The molecule has 2 aliphatic heterocycles. The summed E-state index contributed by atoms with van der Waals surface area (Å²) in [6, 6.07) is 10.3. The summed E-state index contributed by atoms with van der Waals surface area (Å²) in [6.45, 7) is 0.397. The van der Waals surface area contributed by atoms with Crippen molar-refractivity contribution in [2.24, 2.45) is 5.11 Å². The lowest BCUT2D eigenvalue weighted by Gasteiger charge is -2.43. The van der Waals surface area contributed by atoms with Crippen LogP contribution in [-0.4, -0.2) is 36.5 Å². The molecule has 0 spiro atoms. The van der Waals surface area contributed by atoms with Crippen LogP contribution in [0.5, 0.6) is 11.5 Å². The van der Waals surface area contributed by atoms with Gasteiger partial charge in [0.05, 0.1) is 42.8 Å². The Kier molecular flexibility index (Phi) is 3.93. The van der Waals surface area contributed by atoms with E-state index in [-0.39, 0.29) is 13.2 Å². The van der Waals surface area contributed by atoms with Crippen molar-refractivity contribution < 1.29 is 19.0 Å². The topological polar surface area (TPSA) is 90.7 Å². The molecule has 0 aliphatic carbocycles. The smallest absolute Gasteiger partial charge is 0.154 e. The molecule has 0 bridgehead atoms. The van der Waals surface area contributed by atoms with E-state index in [0.29, 0.717) is 17.2 Å². The van der Waals surface area contributed by atoms with Gasteiger partial charge in [-0.05, 0) is 29.8 Å². The molecule has 1 fully saturated rings. The average molecular weight is 342 g/mol. The van der Waals surface area contributed by atoms with Crippen LogP contribution in [0.25, 0.3) is 10.4 Å². The van der Waals surface area contributed by atoms with Gasteiger partial charge < -0.3 is 19.5 Å². The molecule has 0 aromatic heterocycles. The van der Waals surface area contributed by atoms with E-state index >= 15 is 0 Å². The first-order valence-electron chi connectivity index (χ1n) is 7.84. The van der Waals surface area contributed by atoms with Gasteiger partial charge in [0.1, 0.15) is 5.82 Å². The summed E-state index contributed by atoms with van der Waals surface area (Å²) in [5.74, 6) is 0.501. The van der Waals surface area contributed by atoms with Crippen molar-refractivity contribution in [2.45, 2.75) is 18.2 Å². The Morgan fingerprint density at radius 1 is 1.16 bits per heavy atom. The number of rotatable bonds is 2. The highest BCUT2D eigenvalue weighted by atomic mass is 19.1. The summed E-state index contributed by atoms with van der Waals surface area (Å²) < 4.78 is 25.0. The summed E-state index contributed by atoms with van der Waals surface area (Å²) in [4.78, 5) is 4.64. The first-order chi connectivity index (χ1) is 12.2. The van der Waals surface area contributed by atoms with Gasteiger partial charge in [0.25, 0.3) is 0 Å². The van der Waals surface area contributed by atoms with E-state index in [1.165, 1.54) is 12.1 Å². The minimum atomic E-state index is -0.936. The van der Waals surface area contributed by atoms with Gasteiger partial charge in [-0.1, -0.05) is 17.2 Å². The van der Waals surface area contributed by atoms with Crippen LogP contribution in [0, 0.1) is 5.82 Å². The molecule has 3 atom stereocenters. The normalized spacial score (nSPS) is 24.6. The summed E-state index contributed by atoms with van der Waals surface area (Å²) in [5.41, 5.74) is 10.0. The predicted octanol–water partition coefficient (Wildman–Crippen LogP) is 3.51. The van der Waals surface area contributed by atoms with Crippen LogP contribution in [0.3, 0.4) is 0 Å². The molecule has 8 heteroatoms. The Balaban J connectivity index is 1.82. The van der Waals surface area contributed by atoms with Crippen molar-refractivity contribution in [3.63, 3.8) is 0 Å². The highest BCUT2D eigenvalue weighted by Gasteiger charge is 2.40. The number of fused-ring (bicyclic) bond motifs is 2. The van der Waals surface area contributed by atoms with Crippen molar-refractivity contribution in [1.82, 2.24) is 0 Å². The summed E-state index contributed by atoms with van der Waals surface area (Å²) >= 11 is 0. The molecule has 128 valence electrons. The Bertz CT molecular complexity index is 856. The van der Waals surface area contributed by atoms with Crippen LogP contribution in [0.1, 0.15) is 0 Å². The predicted molar refractivity (Wildman–Crippen MR) is 88.6 cm³/mol. The molecule has 2 aliphatic rings. The van der Waals surface area contributed by atoms with Crippen molar-refractivity contribution in [1.29, 1.82) is 0 Å². The lowest BCUT2D eigenvalue weighted by atomic mass is 9.98. The standard InChI is InChI=1S/C17H15FN4O3/c18-10-5-6-13-16(7-10)25-15-4-2-1-3-12(15)22(13)14-9-24-8-11(17(14)23)20-21-19/h1-7,11,14,17,23H,8-9H2/t11-,14+,17+/m1/s1. The van der Waals surface area contributed by atoms with E-state index in [2.05, 4.69) is 10.0 Å². The van der Waals surface area contributed by atoms with Crippen molar-refractivity contribution in [3.05, 3.63) is 58.7 Å². The fraction of sp³-hybridized carbons (Fsp3) is 0.294. The van der Waals surface area contributed by atoms with Gasteiger partial charge in [-0.15, -0.1) is 0 Å². The molecule has 0 saturated carbocycles. The maximum Gasteiger partial charge on any atom is 0.154 e. The second-order valence-corrected chi connectivity index (χ2v) is 5.92. The van der Waals surface area contributed by atoms with Crippen LogP contribution < -0.4 is 9.64 Å². The second-order valence-electron chi connectivity index (χ2n) is 5.92. The number of para-hydroxylation sites is 2. The molecule has 1 N–H and O–H groups in total. The number of aliphatic hydroxyl groups is 1. The van der Waals surface area contributed by atoms with Crippen molar-refractivity contribution in [2.75, 3.05) is 18.1 Å². The van der Waals surface area contributed by atoms with E-state index in [9.17, 15) is 9.50 Å². The highest BCUT2D eigenvalue weighted by molar-refractivity contribution is 5.78. The molecule has 0 unspecified atom stereocenters. The lowest BCUT2D eigenvalue weighted by Crippen LogP contribution is -2.54. The molecular formula is C17H15FN4O3. The molecule has 25 heavy (non-hydrogen) atoms. The first-order valence-corrected chi connectivity index (χ1v) is 7.84. The van der Waals surface area contributed by atoms with Crippen molar-refractivity contribution in [3.8, 4) is 11.5 Å². The molecular weight excluding hydrogens is 327 g/mol. The maximum absolute atomic E-state index is 13.7. The van der Waals surface area contributed by atoms with E-state index in [4.69, 9.17) is 15.0 Å². The van der Waals surface area contributed by atoms with E-state index in [1.807, 2.05) is 23.1 Å². The highest BCUT2D eigenvalue weighted by Crippen LogP contribution is 2.48. The average Bonchev–Trinajstić information content (AvgIpc) is 2.62. The summed E-state index contributed by atoms with van der Waals surface area (Å²) in [6.07, 6.45) is -0.936. The Hall–Kier alpha value is -2.80. The van der Waals surface area contributed by atoms with Gasteiger partial charge >= 0.3 is 0 Å². The molecule has 2 aromatic carbocycles. The van der Waals surface area contributed by atoms with Crippen LogP contribution in [0.4, 0.5) is 15.8 Å². The first kappa shape index (κ1) is 15.7. The zero-order valence-electron chi connectivity index (χ0n) is 13.1. The molecule has 7 nitrogen and oxygen atoms in total. The second kappa shape index (κ2) is 6.25. The molecule has 1 saturated heterocycles. The summed E-state index contributed by atoms with van der Waals surface area (Å²) in [5, 5.41) is 14.3. The fourth-order valence-corrected chi connectivity index (χ4v) is 3.28. The number of aliphatic hydroxyl groups excluding tert-OH is 1. The minimum Gasteiger partial charge on any atom is -0.453 e. The molecule has 2 aromatic rings. The Morgan fingerprint density at radius 2 is 1.96 bits per heavy atom. The zero-order valence-corrected chi connectivity index (χ0v) is 13.1. The fourth-order valence-electron chi connectivity index (χ4n) is 3.28. The van der Waals surface area contributed by atoms with Crippen LogP contribution in [0.15, 0.2) is 47.6 Å². The van der Waals surface area contributed by atoms with Crippen LogP contribution in [-0.2, 0) is 4.74 Å². The number of hydrogen-bond donors (Lipinski definition) is 1. The van der Waals surface area contributed by atoms with Gasteiger partial charge in [-0.3, -0.25) is 0 Å². The van der Waals surface area contributed by atoms with Crippen molar-refractivity contribution >= 4 is 11.4 Å². The largest absolute Gasteiger partial charge is 0.453 e. The third-order valence-electron chi connectivity index (χ3n) is 4.42. The number of azide groups is 1. The SMILES string of the molecule is [N-]=[N+]=N[C@@H]1COC[C@H](N2c3ccccc3Oc3cc(F)ccc32)[C@H]1O. The number of benzene rings is 2. The molecule has 0 radical (unpaired) electrons. The third-order valence-corrected chi connectivity index (χ3v) is 4.42. The van der Waals surface area contributed by atoms with Gasteiger partial charge in [0.2, 0.25) is 0 Å². The molecule has 2 heterocycles. The number of ether oxygens (including phenoxy) is 2. The van der Waals surface area contributed by atoms with Gasteiger partial charge in [-0.2, -0.15) is 0 Å². The Morgan fingerprint density at radius 3 is 2.80 bits per heavy atom. The number of hydrogen-bond acceptors (Lipinski definition) is 5. The zero-order chi connectivity index (χ0) is 17.4. The number of anilines is 2. The molecule has 0 amide bonds. The number of nitrogens with zero attached hydrogens (tertiary/aromatic N) is 4. The van der Waals surface area contributed by atoms with E-state index < -0.39 is 24.0 Å². The number of halogens is 1. The quantitative estimate of drug-likeness (QED) is 0.514. The lowest BCUT2D eigenvalue weighted by molar-refractivity contribution is -0.0193. The van der Waals surface area contributed by atoms with E-state index in [0.717, 1.165) is 5.69 Å². The van der Waals surface area contributed by atoms with Crippen LogP contribution >= 0.6 is 0 Å². The maximum atomic E-state index is 13.7. The van der Waals surface area contributed by atoms with Gasteiger partial charge in [-0.25, -0.2) is 4.39 Å².